The number of hydrogen-bond donors (Lipinski definition) is 0. The molecule has 5 rings (SSSR count). The first-order chi connectivity index (χ1) is 14.3. The smallest absolute Gasteiger partial charge is 0.276 e. The van der Waals surface area contributed by atoms with Crippen LogP contribution in [0.3, 0.4) is 0 Å². The van der Waals surface area contributed by atoms with Crippen molar-refractivity contribution in [3.8, 4) is 16.9 Å². The predicted molar refractivity (Wildman–Crippen MR) is 106 cm³/mol. The zero-order valence-corrected chi connectivity index (χ0v) is 15.7. The van der Waals surface area contributed by atoms with Gasteiger partial charge in [-0.05, 0) is 18.6 Å². The van der Waals surface area contributed by atoms with E-state index in [-0.39, 0.29) is 11.9 Å². The molecule has 1 saturated heterocycles. The van der Waals surface area contributed by atoms with E-state index in [1.165, 1.54) is 11.0 Å². The van der Waals surface area contributed by atoms with Crippen molar-refractivity contribution in [2.24, 2.45) is 0 Å². The minimum absolute atomic E-state index is 0.105. The van der Waals surface area contributed by atoms with Crippen LogP contribution in [0.25, 0.3) is 16.9 Å². The zero-order chi connectivity index (χ0) is 19.6. The van der Waals surface area contributed by atoms with Gasteiger partial charge in [-0.2, -0.15) is 9.90 Å². The summed E-state index contributed by atoms with van der Waals surface area (Å²) in [4.78, 5) is 16.1. The first-order valence-electron chi connectivity index (χ1n) is 9.52. The van der Waals surface area contributed by atoms with Crippen LogP contribution in [-0.4, -0.2) is 53.9 Å². The SMILES string of the molecule is O=C(c1cnn(-c2ccccc2)n1)N1CCC(n2cc(-c3ccccc3)nn2)C1. The highest BCUT2D eigenvalue weighted by molar-refractivity contribution is 5.92. The number of likely N-dealkylation sites (tertiary alicyclic amines) is 1. The molecule has 1 amide bonds. The minimum atomic E-state index is -0.113. The number of hydrogen-bond acceptors (Lipinski definition) is 5. The van der Waals surface area contributed by atoms with E-state index >= 15 is 0 Å². The number of carbonyl (C=O) groups is 1. The molecule has 1 fully saturated rings. The molecule has 1 unspecified atom stereocenters. The van der Waals surface area contributed by atoms with Gasteiger partial charge in [-0.25, -0.2) is 4.68 Å². The number of carbonyl (C=O) groups excluding carboxylic acids is 1. The van der Waals surface area contributed by atoms with Crippen molar-refractivity contribution in [3.63, 3.8) is 0 Å². The van der Waals surface area contributed by atoms with Crippen LogP contribution in [0.4, 0.5) is 0 Å². The Labute approximate surface area is 167 Å². The van der Waals surface area contributed by atoms with Gasteiger partial charge >= 0.3 is 0 Å². The molecule has 0 aliphatic carbocycles. The Morgan fingerprint density at radius 2 is 1.76 bits per heavy atom. The zero-order valence-electron chi connectivity index (χ0n) is 15.7. The van der Waals surface area contributed by atoms with Crippen LogP contribution in [-0.2, 0) is 0 Å². The van der Waals surface area contributed by atoms with E-state index in [9.17, 15) is 4.79 Å². The highest BCUT2D eigenvalue weighted by Gasteiger charge is 2.30. The predicted octanol–water partition coefficient (Wildman–Crippen LogP) is 2.61. The molecule has 0 N–H and O–H groups in total. The van der Waals surface area contributed by atoms with Gasteiger partial charge in [0.05, 0.1) is 24.1 Å². The van der Waals surface area contributed by atoms with E-state index in [0.717, 1.165) is 23.4 Å². The summed E-state index contributed by atoms with van der Waals surface area (Å²) in [5.41, 5.74) is 3.03. The molecule has 1 atom stereocenters. The average molecular weight is 385 g/mol. The second kappa shape index (κ2) is 7.31. The van der Waals surface area contributed by atoms with Gasteiger partial charge in [-0.15, -0.1) is 10.2 Å². The quantitative estimate of drug-likeness (QED) is 0.539. The van der Waals surface area contributed by atoms with E-state index in [1.807, 2.05) is 71.5 Å². The first kappa shape index (κ1) is 17.3. The molecular weight excluding hydrogens is 366 g/mol. The van der Waals surface area contributed by atoms with Crippen molar-refractivity contribution >= 4 is 5.91 Å². The maximum atomic E-state index is 12.9. The number of benzene rings is 2. The van der Waals surface area contributed by atoms with Gasteiger partial charge in [0.2, 0.25) is 0 Å². The van der Waals surface area contributed by atoms with Crippen LogP contribution in [0.5, 0.6) is 0 Å². The Morgan fingerprint density at radius 1 is 1.00 bits per heavy atom. The number of aromatic nitrogens is 6. The van der Waals surface area contributed by atoms with Crippen LogP contribution >= 0.6 is 0 Å². The van der Waals surface area contributed by atoms with Crippen LogP contribution in [0.15, 0.2) is 73.1 Å². The Bertz CT molecular complexity index is 1120. The van der Waals surface area contributed by atoms with Crippen molar-refractivity contribution in [2.45, 2.75) is 12.5 Å². The summed E-state index contributed by atoms with van der Waals surface area (Å²) in [6.45, 7) is 1.23. The third kappa shape index (κ3) is 3.40. The number of amides is 1. The maximum absolute atomic E-state index is 12.9. The normalized spacial score (nSPS) is 16.3. The summed E-state index contributed by atoms with van der Waals surface area (Å²) in [6, 6.07) is 19.6. The maximum Gasteiger partial charge on any atom is 0.276 e. The fourth-order valence-corrected chi connectivity index (χ4v) is 3.55. The summed E-state index contributed by atoms with van der Waals surface area (Å²) in [7, 11) is 0. The van der Waals surface area contributed by atoms with E-state index < -0.39 is 0 Å². The molecule has 0 spiro atoms. The lowest BCUT2D eigenvalue weighted by atomic mass is 10.2. The fraction of sp³-hybridized carbons (Fsp3) is 0.190. The highest BCUT2D eigenvalue weighted by Crippen LogP contribution is 2.24. The lowest BCUT2D eigenvalue weighted by Gasteiger charge is -2.14. The van der Waals surface area contributed by atoms with Gasteiger partial charge in [0, 0.05) is 18.7 Å². The Morgan fingerprint density at radius 3 is 2.55 bits per heavy atom. The molecule has 144 valence electrons. The van der Waals surface area contributed by atoms with E-state index in [2.05, 4.69) is 20.5 Å². The molecule has 29 heavy (non-hydrogen) atoms. The van der Waals surface area contributed by atoms with Crippen LogP contribution in [0, 0.1) is 0 Å². The monoisotopic (exact) mass is 385 g/mol. The molecule has 1 aliphatic heterocycles. The van der Waals surface area contributed by atoms with E-state index in [0.29, 0.717) is 18.8 Å². The summed E-state index contributed by atoms with van der Waals surface area (Å²) in [5, 5.41) is 17.1. The lowest BCUT2D eigenvalue weighted by molar-refractivity contribution is 0.0780. The van der Waals surface area contributed by atoms with Crippen LogP contribution in [0.1, 0.15) is 23.0 Å². The Balaban J connectivity index is 1.28. The first-order valence-corrected chi connectivity index (χ1v) is 9.52. The van der Waals surface area contributed by atoms with Crippen LogP contribution < -0.4 is 0 Å². The summed E-state index contributed by atoms with van der Waals surface area (Å²) >= 11 is 0. The lowest BCUT2D eigenvalue weighted by Crippen LogP contribution is -2.29. The van der Waals surface area contributed by atoms with Gasteiger partial charge in [-0.1, -0.05) is 53.7 Å². The number of para-hydroxylation sites is 1. The van der Waals surface area contributed by atoms with Gasteiger partial charge in [0.1, 0.15) is 5.69 Å². The largest absolute Gasteiger partial charge is 0.335 e. The van der Waals surface area contributed by atoms with E-state index in [1.54, 1.807) is 4.90 Å². The minimum Gasteiger partial charge on any atom is -0.335 e. The molecule has 0 radical (unpaired) electrons. The van der Waals surface area contributed by atoms with Crippen molar-refractivity contribution in [1.82, 2.24) is 34.9 Å². The third-order valence-electron chi connectivity index (χ3n) is 5.10. The number of rotatable bonds is 4. The van der Waals surface area contributed by atoms with Gasteiger partial charge in [0.15, 0.2) is 5.69 Å². The second-order valence-electron chi connectivity index (χ2n) is 7.00. The van der Waals surface area contributed by atoms with Crippen molar-refractivity contribution in [1.29, 1.82) is 0 Å². The van der Waals surface area contributed by atoms with Gasteiger partial charge in [-0.3, -0.25) is 4.79 Å². The van der Waals surface area contributed by atoms with E-state index in [4.69, 9.17) is 0 Å². The summed E-state index contributed by atoms with van der Waals surface area (Å²) in [6.07, 6.45) is 4.29. The Kier molecular flexibility index (Phi) is 4.36. The van der Waals surface area contributed by atoms with Crippen molar-refractivity contribution < 1.29 is 4.79 Å². The Hall–Kier alpha value is -3.81. The summed E-state index contributed by atoms with van der Waals surface area (Å²) in [5.74, 6) is -0.113. The van der Waals surface area contributed by atoms with Gasteiger partial charge < -0.3 is 4.90 Å². The molecule has 0 saturated carbocycles. The summed E-state index contributed by atoms with van der Waals surface area (Å²) < 4.78 is 1.86. The second-order valence-corrected chi connectivity index (χ2v) is 7.00. The molecule has 2 aromatic carbocycles. The fourth-order valence-electron chi connectivity index (χ4n) is 3.55. The molecule has 8 nitrogen and oxygen atoms in total. The number of nitrogens with zero attached hydrogens (tertiary/aromatic N) is 7. The van der Waals surface area contributed by atoms with Crippen LogP contribution in [0.2, 0.25) is 0 Å². The molecule has 4 aromatic rings. The highest BCUT2D eigenvalue weighted by atomic mass is 16.2. The van der Waals surface area contributed by atoms with Crippen molar-refractivity contribution in [2.75, 3.05) is 13.1 Å². The standard InChI is InChI=1S/C21H19N7O/c29-21(19-13-22-28(24-19)17-9-5-2-6-10-17)26-12-11-18(14-26)27-15-20(23-25-27)16-7-3-1-4-8-16/h1-10,13,15,18H,11-12,14H2. The molecule has 3 heterocycles. The molecule has 2 aromatic heterocycles. The molecular formula is C21H19N7O. The molecule has 1 aliphatic rings. The molecule has 0 bridgehead atoms. The third-order valence-corrected chi connectivity index (χ3v) is 5.10. The molecule has 8 heteroatoms. The topological polar surface area (TPSA) is 81.7 Å². The van der Waals surface area contributed by atoms with Gasteiger partial charge in [0.25, 0.3) is 5.91 Å². The van der Waals surface area contributed by atoms with Crippen molar-refractivity contribution in [3.05, 3.63) is 78.8 Å². The average Bonchev–Trinajstić information content (AvgIpc) is 3.55.